The summed E-state index contributed by atoms with van der Waals surface area (Å²) in [6, 6.07) is 13.3. The Bertz CT molecular complexity index is 1260. The van der Waals surface area contributed by atoms with E-state index in [9.17, 15) is 9.59 Å². The predicted molar refractivity (Wildman–Crippen MR) is 143 cm³/mol. The van der Waals surface area contributed by atoms with Crippen LogP contribution in [0.25, 0.3) is 0 Å². The Hall–Kier alpha value is -3.78. The van der Waals surface area contributed by atoms with E-state index < -0.39 is 11.9 Å². The number of esters is 1. The van der Waals surface area contributed by atoms with E-state index in [0.717, 1.165) is 16.8 Å². The lowest BCUT2D eigenvalue weighted by molar-refractivity contribution is -0.140. The molecule has 0 radical (unpaired) electrons. The van der Waals surface area contributed by atoms with Gasteiger partial charge in [0.15, 0.2) is 17.3 Å². The molecule has 0 saturated carbocycles. The summed E-state index contributed by atoms with van der Waals surface area (Å²) in [5.41, 5.74) is 4.30. The van der Waals surface area contributed by atoms with E-state index in [1.54, 1.807) is 21.3 Å². The number of carbonyl (C=O) groups excluding carboxylic acids is 2. The molecule has 202 valence electrons. The normalized spacial score (nSPS) is 19.0. The zero-order chi connectivity index (χ0) is 27.2. The van der Waals surface area contributed by atoms with Gasteiger partial charge in [-0.2, -0.15) is 0 Å². The molecule has 2 atom stereocenters. The van der Waals surface area contributed by atoms with Crippen molar-refractivity contribution < 1.29 is 33.3 Å². The first-order valence-corrected chi connectivity index (χ1v) is 12.8. The van der Waals surface area contributed by atoms with Gasteiger partial charge in [-0.25, -0.2) is 4.79 Å². The fourth-order valence-corrected chi connectivity index (χ4v) is 5.23. The first kappa shape index (κ1) is 27.3. The molecule has 1 N–H and O–H groups in total. The van der Waals surface area contributed by atoms with Crippen LogP contribution in [0.4, 0.5) is 0 Å². The van der Waals surface area contributed by atoms with Crippen molar-refractivity contribution >= 4 is 11.8 Å². The average Bonchev–Trinajstić information content (AvgIpc) is 2.92. The number of benzene rings is 2. The molecule has 2 aliphatic rings. The molecule has 0 bridgehead atoms. The van der Waals surface area contributed by atoms with Crippen molar-refractivity contribution in [1.82, 2.24) is 5.32 Å². The number of hydrogen-bond donors (Lipinski definition) is 1. The van der Waals surface area contributed by atoms with Crippen LogP contribution in [0, 0.1) is 0 Å². The summed E-state index contributed by atoms with van der Waals surface area (Å²) in [6.07, 6.45) is 0.921. The van der Waals surface area contributed by atoms with Crippen LogP contribution in [0.3, 0.4) is 0 Å². The van der Waals surface area contributed by atoms with Crippen molar-refractivity contribution in [3.05, 3.63) is 76.1 Å². The van der Waals surface area contributed by atoms with Crippen LogP contribution in [-0.4, -0.2) is 52.9 Å². The van der Waals surface area contributed by atoms with E-state index in [2.05, 4.69) is 5.32 Å². The molecule has 0 amide bonds. The summed E-state index contributed by atoms with van der Waals surface area (Å²) in [6.45, 7) is 4.69. The maximum atomic E-state index is 13.8. The molecule has 1 aliphatic heterocycles. The molecule has 1 aliphatic carbocycles. The smallest absolute Gasteiger partial charge is 0.336 e. The van der Waals surface area contributed by atoms with Gasteiger partial charge in [0, 0.05) is 36.4 Å². The van der Waals surface area contributed by atoms with Crippen molar-refractivity contribution in [3.8, 4) is 17.2 Å². The molecule has 2 aromatic carbocycles. The number of methoxy groups -OCH3 is 3. The molecule has 8 heteroatoms. The van der Waals surface area contributed by atoms with Crippen LogP contribution in [-0.2, 0) is 19.1 Å². The van der Waals surface area contributed by atoms with Crippen LogP contribution in [0.5, 0.6) is 17.2 Å². The van der Waals surface area contributed by atoms with Gasteiger partial charge < -0.3 is 29.0 Å². The van der Waals surface area contributed by atoms with Gasteiger partial charge in [-0.1, -0.05) is 18.2 Å². The zero-order valence-electron chi connectivity index (χ0n) is 22.6. The Morgan fingerprint density at radius 2 is 1.76 bits per heavy atom. The number of nitrogens with one attached hydrogen (secondary N) is 1. The Kier molecular flexibility index (Phi) is 8.73. The van der Waals surface area contributed by atoms with Gasteiger partial charge in [0.05, 0.1) is 33.0 Å². The quantitative estimate of drug-likeness (QED) is 0.357. The van der Waals surface area contributed by atoms with E-state index in [-0.39, 0.29) is 24.9 Å². The summed E-state index contributed by atoms with van der Waals surface area (Å²) in [5.74, 6) is 0.838. The van der Waals surface area contributed by atoms with Crippen molar-refractivity contribution in [2.24, 2.45) is 0 Å². The molecule has 0 aromatic heterocycles. The molecular formula is C30H35NO7. The highest BCUT2D eigenvalue weighted by Gasteiger charge is 2.41. The minimum absolute atomic E-state index is 0.0139. The maximum Gasteiger partial charge on any atom is 0.336 e. The molecular weight excluding hydrogens is 486 g/mol. The minimum Gasteiger partial charge on any atom is -0.494 e. The predicted octanol–water partition coefficient (Wildman–Crippen LogP) is 4.65. The van der Waals surface area contributed by atoms with Crippen LogP contribution < -0.4 is 19.5 Å². The lowest BCUT2D eigenvalue weighted by Gasteiger charge is -2.37. The first-order valence-electron chi connectivity index (χ1n) is 12.8. The van der Waals surface area contributed by atoms with Gasteiger partial charge >= 0.3 is 5.97 Å². The summed E-state index contributed by atoms with van der Waals surface area (Å²) >= 11 is 0. The van der Waals surface area contributed by atoms with E-state index in [4.69, 9.17) is 23.7 Å². The minimum atomic E-state index is -0.569. The Morgan fingerprint density at radius 3 is 2.47 bits per heavy atom. The second-order valence-corrected chi connectivity index (χ2v) is 9.27. The van der Waals surface area contributed by atoms with Crippen molar-refractivity contribution in [1.29, 1.82) is 0 Å². The van der Waals surface area contributed by atoms with Gasteiger partial charge in [0.1, 0.15) is 12.4 Å². The number of ether oxygens (including phenoxy) is 5. The van der Waals surface area contributed by atoms with Crippen molar-refractivity contribution in [2.75, 3.05) is 41.2 Å². The van der Waals surface area contributed by atoms with Gasteiger partial charge in [0.25, 0.3) is 0 Å². The molecule has 1 heterocycles. The van der Waals surface area contributed by atoms with Crippen LogP contribution in [0.2, 0.25) is 0 Å². The van der Waals surface area contributed by atoms with Crippen LogP contribution in [0.1, 0.15) is 49.7 Å². The van der Waals surface area contributed by atoms with Gasteiger partial charge in [-0.3, -0.25) is 4.79 Å². The summed E-state index contributed by atoms with van der Waals surface area (Å²) in [4.78, 5) is 27.1. The summed E-state index contributed by atoms with van der Waals surface area (Å²) < 4.78 is 27.2. The second kappa shape index (κ2) is 12.2. The molecule has 38 heavy (non-hydrogen) atoms. The molecule has 4 rings (SSSR count). The Morgan fingerprint density at radius 1 is 0.974 bits per heavy atom. The maximum absolute atomic E-state index is 13.8. The van der Waals surface area contributed by atoms with E-state index >= 15 is 0 Å². The zero-order valence-corrected chi connectivity index (χ0v) is 22.6. The number of carbonyl (C=O) groups is 2. The SMILES string of the molecule is CCOc1cccc([C@H]2C(C(=O)OCCOC)=C(C)NC3=C2C(=O)C[C@H](c2ccc(OC)c(OC)c2)C3)c1. The largest absolute Gasteiger partial charge is 0.494 e. The Balaban J connectivity index is 1.75. The van der Waals surface area contributed by atoms with Gasteiger partial charge in [0.2, 0.25) is 0 Å². The number of rotatable bonds is 10. The van der Waals surface area contributed by atoms with E-state index in [0.29, 0.717) is 53.5 Å². The van der Waals surface area contributed by atoms with Crippen LogP contribution >= 0.6 is 0 Å². The number of Topliss-reactive ketones (excluding diaryl/α,β-unsaturated/α-hetero) is 1. The third kappa shape index (κ3) is 5.55. The second-order valence-electron chi connectivity index (χ2n) is 9.27. The lowest BCUT2D eigenvalue weighted by Crippen LogP contribution is -2.36. The average molecular weight is 522 g/mol. The fraction of sp³-hybridized carbons (Fsp3) is 0.400. The van der Waals surface area contributed by atoms with Gasteiger partial charge in [-0.15, -0.1) is 0 Å². The lowest BCUT2D eigenvalue weighted by atomic mass is 9.71. The molecule has 2 aromatic rings. The number of dihydropyridines is 1. The topological polar surface area (TPSA) is 92.3 Å². The van der Waals surface area contributed by atoms with E-state index in [1.165, 1.54) is 0 Å². The standard InChI is InChI=1S/C30H35NO7/c1-6-37-22-9-7-8-20(14-22)28-27(30(33)38-13-12-34-3)18(2)31-23-15-21(16-24(32)29(23)28)19-10-11-25(35-4)26(17-19)36-5/h7-11,14,17,21,28,31H,6,12-13,15-16H2,1-5H3/t21-,28+/m1/s1. The highest BCUT2D eigenvalue weighted by atomic mass is 16.6. The number of hydrogen-bond acceptors (Lipinski definition) is 8. The first-order chi connectivity index (χ1) is 18.4. The van der Waals surface area contributed by atoms with Crippen molar-refractivity contribution in [3.63, 3.8) is 0 Å². The highest BCUT2D eigenvalue weighted by Crippen LogP contribution is 2.47. The highest BCUT2D eigenvalue weighted by molar-refractivity contribution is 6.04. The molecule has 8 nitrogen and oxygen atoms in total. The monoisotopic (exact) mass is 521 g/mol. The molecule has 0 saturated heterocycles. The fourth-order valence-electron chi connectivity index (χ4n) is 5.23. The van der Waals surface area contributed by atoms with Gasteiger partial charge in [-0.05, 0) is 61.6 Å². The Labute approximate surface area is 223 Å². The number of ketones is 1. The molecule has 0 spiro atoms. The van der Waals surface area contributed by atoms with Crippen LogP contribution in [0.15, 0.2) is 65.0 Å². The van der Waals surface area contributed by atoms with Crippen molar-refractivity contribution in [2.45, 2.75) is 38.5 Å². The summed E-state index contributed by atoms with van der Waals surface area (Å²) in [5, 5.41) is 3.38. The third-order valence-corrected chi connectivity index (χ3v) is 6.95. The summed E-state index contributed by atoms with van der Waals surface area (Å²) in [7, 11) is 4.74. The third-order valence-electron chi connectivity index (χ3n) is 6.95. The number of allylic oxidation sites excluding steroid dienone is 3. The molecule has 0 unspecified atom stereocenters. The van der Waals surface area contributed by atoms with E-state index in [1.807, 2.05) is 56.3 Å². The molecule has 0 fully saturated rings.